The molecule has 2 aliphatic rings. The van der Waals surface area contributed by atoms with Gasteiger partial charge < -0.3 is 15.6 Å². The summed E-state index contributed by atoms with van der Waals surface area (Å²) >= 11 is 0. The zero-order valence-corrected chi connectivity index (χ0v) is 9.45. The first-order valence-corrected chi connectivity index (χ1v) is 6.00. The van der Waals surface area contributed by atoms with Gasteiger partial charge >= 0.3 is 0 Å². The van der Waals surface area contributed by atoms with E-state index >= 15 is 0 Å². The van der Waals surface area contributed by atoms with Crippen LogP contribution in [0.3, 0.4) is 0 Å². The molecule has 0 aliphatic carbocycles. The van der Waals surface area contributed by atoms with Crippen molar-refractivity contribution in [1.29, 1.82) is 0 Å². The largest absolute Gasteiger partial charge is 0.359 e. The highest BCUT2D eigenvalue weighted by Gasteiger charge is 2.26. The third-order valence-electron chi connectivity index (χ3n) is 3.47. The number of amides is 2. The van der Waals surface area contributed by atoms with Gasteiger partial charge in [0.05, 0.1) is 12.1 Å². The predicted molar refractivity (Wildman–Crippen MR) is 61.0 cm³/mol. The van der Waals surface area contributed by atoms with Crippen LogP contribution in [-0.4, -0.2) is 16.8 Å². The van der Waals surface area contributed by atoms with Gasteiger partial charge in [-0.1, -0.05) is 0 Å². The first-order chi connectivity index (χ1) is 8.22. The monoisotopic (exact) mass is 233 g/mol. The zero-order valence-electron chi connectivity index (χ0n) is 9.45. The minimum Gasteiger partial charge on any atom is -0.359 e. The average molecular weight is 233 g/mol. The first kappa shape index (κ1) is 10.4. The molecule has 2 unspecified atom stereocenters. The number of nitrogens with one attached hydrogen (secondary N) is 3. The molecular formula is C12H15N3O2. The Morgan fingerprint density at radius 3 is 1.71 bits per heavy atom. The van der Waals surface area contributed by atoms with E-state index in [4.69, 9.17) is 0 Å². The van der Waals surface area contributed by atoms with E-state index < -0.39 is 0 Å². The number of hydrogen-bond acceptors (Lipinski definition) is 2. The van der Waals surface area contributed by atoms with Gasteiger partial charge in [-0.2, -0.15) is 0 Å². The number of rotatable bonds is 2. The Morgan fingerprint density at radius 1 is 0.882 bits per heavy atom. The molecule has 0 aromatic carbocycles. The zero-order chi connectivity index (χ0) is 11.8. The molecule has 3 N–H and O–H groups in total. The van der Waals surface area contributed by atoms with Crippen LogP contribution in [0, 0.1) is 0 Å². The van der Waals surface area contributed by atoms with Crippen LogP contribution in [-0.2, 0) is 9.59 Å². The van der Waals surface area contributed by atoms with Gasteiger partial charge in [-0.3, -0.25) is 9.59 Å². The van der Waals surface area contributed by atoms with Crippen molar-refractivity contribution in [2.75, 3.05) is 0 Å². The molecule has 1 aromatic rings. The fourth-order valence-corrected chi connectivity index (χ4v) is 2.53. The van der Waals surface area contributed by atoms with Gasteiger partial charge in [0.15, 0.2) is 0 Å². The molecule has 0 spiro atoms. The van der Waals surface area contributed by atoms with Gasteiger partial charge in [0.2, 0.25) is 11.8 Å². The first-order valence-electron chi connectivity index (χ1n) is 6.00. The van der Waals surface area contributed by atoms with Crippen molar-refractivity contribution in [3.05, 3.63) is 23.5 Å². The van der Waals surface area contributed by atoms with E-state index in [1.54, 1.807) is 0 Å². The van der Waals surface area contributed by atoms with Crippen molar-refractivity contribution in [3.63, 3.8) is 0 Å². The predicted octanol–water partition coefficient (Wildman–Crippen LogP) is 0.917. The number of carbonyl (C=O) groups excluding carboxylic acids is 2. The number of aromatic nitrogens is 1. The third-order valence-corrected chi connectivity index (χ3v) is 3.47. The summed E-state index contributed by atoms with van der Waals surface area (Å²) in [5.74, 6) is 0.223. The average Bonchev–Trinajstić information content (AvgIpc) is 2.96. The highest BCUT2D eigenvalue weighted by atomic mass is 16.2. The Balaban J connectivity index is 1.74. The third kappa shape index (κ3) is 1.92. The van der Waals surface area contributed by atoms with Crippen LogP contribution in [0.2, 0.25) is 0 Å². The lowest BCUT2D eigenvalue weighted by Crippen LogP contribution is -2.20. The molecule has 5 nitrogen and oxygen atoms in total. The lowest BCUT2D eigenvalue weighted by atomic mass is 10.2. The molecule has 0 radical (unpaired) electrons. The van der Waals surface area contributed by atoms with E-state index in [-0.39, 0.29) is 23.9 Å². The SMILES string of the molecule is O=C1CCC(c2ccc(C3CCC(=O)N3)[nH]2)N1. The molecule has 17 heavy (non-hydrogen) atoms. The standard InChI is InChI=1S/C12H15N3O2/c16-11-5-3-9(14-11)7-1-2-8(13-7)10-4-6-12(17)15-10/h1-2,9-10,13H,3-6H2,(H,14,16)(H,15,17). The molecule has 2 atom stereocenters. The maximum Gasteiger partial charge on any atom is 0.220 e. The second kappa shape index (κ2) is 3.91. The van der Waals surface area contributed by atoms with Gasteiger partial charge in [-0.25, -0.2) is 0 Å². The molecule has 3 heterocycles. The molecule has 2 amide bonds. The Bertz CT molecular complexity index is 426. The highest BCUT2D eigenvalue weighted by Crippen LogP contribution is 2.27. The summed E-state index contributed by atoms with van der Waals surface area (Å²) in [6, 6.07) is 4.20. The van der Waals surface area contributed by atoms with Crippen molar-refractivity contribution in [3.8, 4) is 0 Å². The summed E-state index contributed by atoms with van der Waals surface area (Å²) in [5.41, 5.74) is 2.07. The minimum atomic E-state index is 0.105. The molecule has 90 valence electrons. The topological polar surface area (TPSA) is 74.0 Å². The van der Waals surface area contributed by atoms with Crippen LogP contribution in [0.4, 0.5) is 0 Å². The molecule has 2 fully saturated rings. The van der Waals surface area contributed by atoms with Crippen LogP contribution in [0.5, 0.6) is 0 Å². The molecule has 2 aliphatic heterocycles. The second-order valence-corrected chi connectivity index (χ2v) is 4.69. The summed E-state index contributed by atoms with van der Waals surface area (Å²) < 4.78 is 0. The summed E-state index contributed by atoms with van der Waals surface area (Å²) in [4.78, 5) is 25.6. The quantitative estimate of drug-likeness (QED) is 0.710. The fraction of sp³-hybridized carbons (Fsp3) is 0.500. The van der Waals surface area contributed by atoms with Crippen molar-refractivity contribution in [1.82, 2.24) is 15.6 Å². The van der Waals surface area contributed by atoms with Gasteiger partial charge in [0, 0.05) is 24.2 Å². The Morgan fingerprint density at radius 2 is 1.35 bits per heavy atom. The fourth-order valence-electron chi connectivity index (χ4n) is 2.53. The van der Waals surface area contributed by atoms with Crippen LogP contribution >= 0.6 is 0 Å². The molecule has 0 saturated carbocycles. The molecule has 0 bridgehead atoms. The van der Waals surface area contributed by atoms with Crippen LogP contribution in [0.25, 0.3) is 0 Å². The van der Waals surface area contributed by atoms with E-state index in [2.05, 4.69) is 15.6 Å². The summed E-state index contributed by atoms with van der Waals surface area (Å²) in [6.07, 6.45) is 2.88. The number of aromatic amines is 1. The van der Waals surface area contributed by atoms with Gasteiger partial charge in [-0.05, 0) is 25.0 Å². The molecular weight excluding hydrogens is 218 g/mol. The normalized spacial score (nSPS) is 28.2. The van der Waals surface area contributed by atoms with Crippen molar-refractivity contribution in [2.24, 2.45) is 0 Å². The number of carbonyl (C=O) groups is 2. The molecule has 1 aromatic heterocycles. The van der Waals surface area contributed by atoms with E-state index in [0.29, 0.717) is 12.8 Å². The second-order valence-electron chi connectivity index (χ2n) is 4.69. The number of H-pyrrole nitrogens is 1. The maximum atomic E-state index is 11.2. The summed E-state index contributed by atoms with van der Waals surface area (Å²) in [6.45, 7) is 0. The summed E-state index contributed by atoms with van der Waals surface area (Å²) in [5, 5.41) is 5.85. The van der Waals surface area contributed by atoms with E-state index in [1.165, 1.54) is 0 Å². The lowest BCUT2D eigenvalue weighted by molar-refractivity contribution is -0.120. The highest BCUT2D eigenvalue weighted by molar-refractivity contribution is 5.79. The van der Waals surface area contributed by atoms with Crippen LogP contribution < -0.4 is 10.6 Å². The van der Waals surface area contributed by atoms with E-state index in [0.717, 1.165) is 24.2 Å². The van der Waals surface area contributed by atoms with Gasteiger partial charge in [0.25, 0.3) is 0 Å². The Hall–Kier alpha value is -1.78. The lowest BCUT2D eigenvalue weighted by Gasteiger charge is -2.10. The molecule has 5 heteroatoms. The van der Waals surface area contributed by atoms with Crippen molar-refractivity contribution in [2.45, 2.75) is 37.8 Å². The van der Waals surface area contributed by atoms with Crippen molar-refractivity contribution >= 4 is 11.8 Å². The summed E-state index contributed by atoms with van der Waals surface area (Å²) in [7, 11) is 0. The van der Waals surface area contributed by atoms with Crippen LogP contribution in [0.15, 0.2) is 12.1 Å². The molecule has 3 rings (SSSR count). The smallest absolute Gasteiger partial charge is 0.220 e. The number of hydrogen-bond donors (Lipinski definition) is 3. The molecule has 2 saturated heterocycles. The van der Waals surface area contributed by atoms with Crippen LogP contribution in [0.1, 0.15) is 49.2 Å². The van der Waals surface area contributed by atoms with Gasteiger partial charge in [-0.15, -0.1) is 0 Å². The maximum absolute atomic E-state index is 11.2. The minimum absolute atomic E-state index is 0.105. The van der Waals surface area contributed by atoms with Gasteiger partial charge in [0.1, 0.15) is 0 Å². The van der Waals surface area contributed by atoms with E-state index in [9.17, 15) is 9.59 Å². The van der Waals surface area contributed by atoms with Crippen molar-refractivity contribution < 1.29 is 9.59 Å². The Labute approximate surface area is 99.0 Å². The Kier molecular flexibility index (Phi) is 2.39. The van der Waals surface area contributed by atoms with E-state index in [1.807, 2.05) is 12.1 Å².